The van der Waals surface area contributed by atoms with E-state index in [1.165, 1.54) is 7.11 Å². The molecule has 0 aliphatic heterocycles. The van der Waals surface area contributed by atoms with Gasteiger partial charge in [0.05, 0.1) is 31.2 Å². The Bertz CT molecular complexity index is 845. The van der Waals surface area contributed by atoms with E-state index in [0.29, 0.717) is 11.1 Å². The Balaban J connectivity index is 2.85. The van der Waals surface area contributed by atoms with Crippen molar-refractivity contribution in [3.05, 3.63) is 71.6 Å². The normalized spacial score (nSPS) is 13.3. The monoisotopic (exact) mass is 469 g/mol. The molecule has 0 amide bonds. The first kappa shape index (κ1) is 27.1. The molecule has 2 rings (SSSR count). The molecule has 0 fully saturated rings. The van der Waals surface area contributed by atoms with E-state index < -0.39 is 13.2 Å². The molecule has 4 nitrogen and oxygen atoms in total. The molecule has 0 N–H and O–H groups in total. The lowest BCUT2D eigenvalue weighted by Crippen LogP contribution is -2.26. The van der Waals surface area contributed by atoms with Crippen molar-refractivity contribution < 1.29 is 14.6 Å². The summed E-state index contributed by atoms with van der Waals surface area (Å²) < 4.78 is 5.27. The number of esters is 1. The first-order valence-electron chi connectivity index (χ1n) is 12.3. The highest BCUT2D eigenvalue weighted by Gasteiger charge is 2.49. The third kappa shape index (κ3) is 7.14. The molecular weight excluding hydrogens is 429 g/mol. The molecule has 0 spiro atoms. The molecule has 0 aliphatic rings. The van der Waals surface area contributed by atoms with E-state index >= 15 is 0 Å². The minimum atomic E-state index is -1.75. The fourth-order valence-corrected chi connectivity index (χ4v) is 10.5. The largest absolute Gasteiger partial charge is 0.872 e. The Morgan fingerprint density at radius 1 is 0.909 bits per heavy atom. The van der Waals surface area contributed by atoms with Crippen molar-refractivity contribution in [3.63, 3.8) is 0 Å². The standard InChI is InChI=1S/C28H40NO3P/c1-5-8-20-33(21-9-6-2,22-10-7-3)27(24-14-12-11-13-15-24)25(28(31)32-4)26(30)23-16-18-29-19-17-23/h11-19,27H,5-10,20-22H2,1-4H3. The number of benzene rings is 1. The maximum absolute atomic E-state index is 13.9. The van der Waals surface area contributed by atoms with Gasteiger partial charge in [-0.3, -0.25) is 4.98 Å². The van der Waals surface area contributed by atoms with E-state index in [0.717, 1.165) is 62.6 Å². The summed E-state index contributed by atoms with van der Waals surface area (Å²) in [5.41, 5.74) is 1.64. The van der Waals surface area contributed by atoms with Crippen molar-refractivity contribution in [3.8, 4) is 0 Å². The molecule has 1 aromatic heterocycles. The Hall–Kier alpha value is -2.19. The fraction of sp³-hybridized carbons (Fsp3) is 0.500. The lowest BCUT2D eigenvalue weighted by atomic mass is 10.0. The fourth-order valence-electron chi connectivity index (χ4n) is 4.63. The number of rotatable bonds is 14. The van der Waals surface area contributed by atoms with Gasteiger partial charge < -0.3 is 9.84 Å². The van der Waals surface area contributed by atoms with Gasteiger partial charge in [-0.15, -0.1) is 0 Å². The van der Waals surface area contributed by atoms with Gasteiger partial charge in [0.1, 0.15) is 5.66 Å². The summed E-state index contributed by atoms with van der Waals surface area (Å²) >= 11 is 0. The maximum atomic E-state index is 13.9. The predicted octanol–water partition coefficient (Wildman–Crippen LogP) is 6.49. The molecule has 0 bridgehead atoms. The summed E-state index contributed by atoms with van der Waals surface area (Å²) in [5.74, 6) is -0.730. The van der Waals surface area contributed by atoms with Crippen LogP contribution in [0.2, 0.25) is 0 Å². The molecule has 2 aromatic rings. The molecule has 1 aromatic carbocycles. The lowest BCUT2D eigenvalue weighted by molar-refractivity contribution is -0.245. The van der Waals surface area contributed by atoms with Crippen LogP contribution in [0.4, 0.5) is 0 Å². The van der Waals surface area contributed by atoms with Gasteiger partial charge >= 0.3 is 5.97 Å². The van der Waals surface area contributed by atoms with Crippen LogP contribution in [0.15, 0.2) is 60.4 Å². The van der Waals surface area contributed by atoms with E-state index in [-0.39, 0.29) is 11.4 Å². The summed E-state index contributed by atoms with van der Waals surface area (Å²) in [6.45, 7) is 6.66. The molecule has 0 saturated heterocycles. The molecule has 180 valence electrons. The van der Waals surface area contributed by atoms with Crippen LogP contribution in [-0.2, 0) is 9.53 Å². The number of methoxy groups -OCH3 is 1. The van der Waals surface area contributed by atoms with Crippen LogP contribution in [-0.4, -0.2) is 36.5 Å². The molecule has 1 heterocycles. The van der Waals surface area contributed by atoms with Crippen LogP contribution in [0.1, 0.15) is 76.1 Å². The van der Waals surface area contributed by atoms with Gasteiger partial charge in [-0.05, 0) is 42.5 Å². The van der Waals surface area contributed by atoms with Crippen LogP contribution >= 0.6 is 7.26 Å². The quantitative estimate of drug-likeness (QED) is 0.137. The lowest BCUT2D eigenvalue weighted by Gasteiger charge is -2.38. The summed E-state index contributed by atoms with van der Waals surface area (Å²) in [4.78, 5) is 17.4. The molecule has 0 aliphatic carbocycles. The van der Waals surface area contributed by atoms with Crippen LogP contribution in [0, 0.1) is 0 Å². The van der Waals surface area contributed by atoms with Gasteiger partial charge in [-0.1, -0.05) is 76.1 Å². The number of hydrogen-bond acceptors (Lipinski definition) is 4. The highest BCUT2D eigenvalue weighted by atomic mass is 31.2. The Morgan fingerprint density at radius 3 is 1.88 bits per heavy atom. The smallest absolute Gasteiger partial charge is 0.337 e. The second kappa shape index (κ2) is 14.2. The Morgan fingerprint density at radius 2 is 1.42 bits per heavy atom. The van der Waals surface area contributed by atoms with Gasteiger partial charge in [0.25, 0.3) is 0 Å². The zero-order valence-corrected chi connectivity index (χ0v) is 21.7. The van der Waals surface area contributed by atoms with Crippen LogP contribution in [0.5, 0.6) is 0 Å². The average Bonchev–Trinajstić information content (AvgIpc) is 2.87. The molecular formula is C28H40NO3P. The number of carbonyl (C=O) groups is 1. The number of unbranched alkanes of at least 4 members (excludes halogenated alkanes) is 3. The van der Waals surface area contributed by atoms with E-state index in [9.17, 15) is 9.90 Å². The van der Waals surface area contributed by atoms with Gasteiger partial charge in [0.2, 0.25) is 0 Å². The number of pyridine rings is 1. The number of aromatic nitrogens is 1. The van der Waals surface area contributed by atoms with Crippen molar-refractivity contribution in [2.75, 3.05) is 25.6 Å². The third-order valence-electron chi connectivity index (χ3n) is 6.40. The number of ether oxygens (including phenoxy) is 1. The van der Waals surface area contributed by atoms with Gasteiger partial charge in [0.15, 0.2) is 0 Å². The van der Waals surface area contributed by atoms with Crippen molar-refractivity contribution in [1.29, 1.82) is 0 Å². The predicted molar refractivity (Wildman–Crippen MR) is 139 cm³/mol. The van der Waals surface area contributed by atoms with Crippen molar-refractivity contribution in [2.45, 2.75) is 65.0 Å². The number of nitrogens with zero attached hydrogens (tertiary/aromatic N) is 1. The van der Waals surface area contributed by atoms with Gasteiger partial charge in [0, 0.05) is 19.7 Å². The second-order valence-electron chi connectivity index (χ2n) is 8.73. The Kier molecular flexibility index (Phi) is 11.6. The zero-order chi connectivity index (χ0) is 24.1. The minimum Gasteiger partial charge on any atom is -0.872 e. The molecule has 0 radical (unpaired) electrons. The van der Waals surface area contributed by atoms with Crippen LogP contribution < -0.4 is 5.11 Å². The van der Waals surface area contributed by atoms with E-state index in [2.05, 4.69) is 37.9 Å². The van der Waals surface area contributed by atoms with E-state index in [1.807, 2.05) is 18.2 Å². The molecule has 33 heavy (non-hydrogen) atoms. The van der Waals surface area contributed by atoms with Gasteiger partial charge in [-0.25, -0.2) is 4.79 Å². The summed E-state index contributed by atoms with van der Waals surface area (Å²) in [6.07, 6.45) is 13.1. The van der Waals surface area contributed by atoms with Crippen molar-refractivity contribution in [1.82, 2.24) is 4.98 Å². The summed E-state index contributed by atoms with van der Waals surface area (Å²) in [5, 5.41) is 13.9. The van der Waals surface area contributed by atoms with Gasteiger partial charge in [-0.2, -0.15) is 0 Å². The molecule has 1 atom stereocenters. The van der Waals surface area contributed by atoms with E-state index in [4.69, 9.17) is 4.74 Å². The zero-order valence-electron chi connectivity index (χ0n) is 20.8. The number of hydrogen-bond donors (Lipinski definition) is 0. The minimum absolute atomic E-state index is 0.212. The highest BCUT2D eigenvalue weighted by molar-refractivity contribution is 7.76. The van der Waals surface area contributed by atoms with Crippen molar-refractivity contribution in [2.24, 2.45) is 0 Å². The average molecular weight is 470 g/mol. The highest BCUT2D eigenvalue weighted by Crippen LogP contribution is 2.73. The topological polar surface area (TPSA) is 62.2 Å². The molecule has 5 heteroatoms. The molecule has 1 unspecified atom stereocenters. The van der Waals surface area contributed by atoms with E-state index in [1.54, 1.807) is 24.5 Å². The SMILES string of the molecule is CCCC[P+](CCCC)(CCCC)C(/C(C(=O)OC)=C(\[O-])c1ccncc1)c1ccccc1. The summed E-state index contributed by atoms with van der Waals surface area (Å²) in [7, 11) is -0.366. The maximum Gasteiger partial charge on any atom is 0.337 e. The van der Waals surface area contributed by atoms with Crippen LogP contribution in [0.3, 0.4) is 0 Å². The Labute approximate surface area is 200 Å². The van der Waals surface area contributed by atoms with Crippen LogP contribution in [0.25, 0.3) is 5.76 Å². The van der Waals surface area contributed by atoms with Crippen molar-refractivity contribution >= 4 is 19.0 Å². The molecule has 0 saturated carbocycles. The first-order valence-corrected chi connectivity index (χ1v) is 14.8. The first-order chi connectivity index (χ1) is 16.0. The third-order valence-corrected chi connectivity index (χ3v) is 11.7. The second-order valence-corrected chi connectivity index (χ2v) is 13.0. The number of carbonyl (C=O) groups excluding carboxylic acids is 1. The summed E-state index contributed by atoms with van der Waals surface area (Å²) in [6, 6.07) is 13.6.